The predicted octanol–water partition coefficient (Wildman–Crippen LogP) is 8.50. The maximum Gasteiger partial charge on any atom is 0.301 e. The molecule has 2 aliphatic rings. The fourth-order valence-electron chi connectivity index (χ4n) is 6.30. The number of ether oxygens (including phenoxy) is 2. The topological polar surface area (TPSA) is 102 Å². The van der Waals surface area contributed by atoms with Gasteiger partial charge in [0.2, 0.25) is 5.13 Å². The van der Waals surface area contributed by atoms with E-state index in [-0.39, 0.29) is 22.6 Å². The number of nitrogens with zero attached hydrogens (tertiary/aromatic N) is 3. The summed E-state index contributed by atoms with van der Waals surface area (Å²) in [5.74, 6) is 0.254. The van der Waals surface area contributed by atoms with E-state index < -0.39 is 17.7 Å². The van der Waals surface area contributed by atoms with Gasteiger partial charge in [0.25, 0.3) is 5.78 Å². The second-order valence-electron chi connectivity index (χ2n) is 12.0. The molecule has 0 bridgehead atoms. The van der Waals surface area contributed by atoms with Gasteiger partial charge in [0, 0.05) is 17.7 Å². The molecule has 0 aliphatic carbocycles. The van der Waals surface area contributed by atoms with Gasteiger partial charge in [-0.1, -0.05) is 97.5 Å². The number of carbonyl (C=O) groups is 2. The van der Waals surface area contributed by atoms with Gasteiger partial charge < -0.3 is 14.6 Å². The Hall–Kier alpha value is -4.67. The molecule has 0 unspecified atom stereocenters. The van der Waals surface area contributed by atoms with Crippen LogP contribution < -0.4 is 14.4 Å². The largest absolute Gasteiger partial charge is 0.507 e. The average Bonchev–Trinajstić information content (AvgIpc) is 3.80. The van der Waals surface area contributed by atoms with Crippen LogP contribution in [0.25, 0.3) is 16.5 Å². The zero-order valence-electron chi connectivity index (χ0n) is 26.7. The molecule has 1 aromatic heterocycles. The van der Waals surface area contributed by atoms with Crippen molar-refractivity contribution in [2.75, 3.05) is 11.5 Å². The molecular formula is C38H35N3O5S2. The van der Waals surface area contributed by atoms with E-state index in [4.69, 9.17) is 9.47 Å². The van der Waals surface area contributed by atoms with Crippen LogP contribution >= 0.6 is 23.1 Å². The van der Waals surface area contributed by atoms with Crippen LogP contribution in [-0.2, 0) is 21.8 Å². The van der Waals surface area contributed by atoms with Crippen molar-refractivity contribution in [1.82, 2.24) is 10.2 Å². The van der Waals surface area contributed by atoms with E-state index in [0.717, 1.165) is 30.6 Å². The van der Waals surface area contributed by atoms with Crippen LogP contribution in [0, 0.1) is 0 Å². The van der Waals surface area contributed by atoms with Gasteiger partial charge in [0.15, 0.2) is 4.34 Å². The maximum atomic E-state index is 13.8. The monoisotopic (exact) mass is 677 g/mol. The lowest BCUT2D eigenvalue weighted by Gasteiger charge is -2.23. The Bertz CT molecular complexity index is 2030. The summed E-state index contributed by atoms with van der Waals surface area (Å²) >= 11 is 2.78. The fraction of sp³-hybridized carbons (Fsp3) is 0.263. The van der Waals surface area contributed by atoms with Gasteiger partial charge in [0.1, 0.15) is 23.4 Å². The predicted molar refractivity (Wildman–Crippen MR) is 190 cm³/mol. The number of rotatable bonds is 11. The highest BCUT2D eigenvalue weighted by molar-refractivity contribution is 8.00. The van der Waals surface area contributed by atoms with E-state index in [1.807, 2.05) is 55.5 Å². The minimum atomic E-state index is -0.934. The summed E-state index contributed by atoms with van der Waals surface area (Å²) in [5.41, 5.74) is 3.18. The zero-order chi connectivity index (χ0) is 33.2. The van der Waals surface area contributed by atoms with Crippen molar-refractivity contribution < 1.29 is 24.2 Å². The summed E-state index contributed by atoms with van der Waals surface area (Å²) in [5, 5.41) is 23.2. The van der Waals surface area contributed by atoms with Gasteiger partial charge in [-0.2, -0.15) is 0 Å². The molecule has 5 aromatic rings. The van der Waals surface area contributed by atoms with E-state index in [1.165, 1.54) is 44.3 Å². The highest BCUT2D eigenvalue weighted by Gasteiger charge is 2.48. The third kappa shape index (κ3) is 6.30. The molecule has 3 heterocycles. The normalized spacial score (nSPS) is 18.3. The minimum absolute atomic E-state index is 0.00444. The van der Waals surface area contributed by atoms with Gasteiger partial charge in [0.05, 0.1) is 18.2 Å². The number of fused-ring (bicyclic) bond motifs is 2. The number of aliphatic hydroxyl groups is 1. The second-order valence-corrected chi connectivity index (χ2v) is 14.2. The summed E-state index contributed by atoms with van der Waals surface area (Å²) in [6.45, 7) is 4.68. The number of hydrogen-bond acceptors (Lipinski definition) is 9. The molecule has 7 rings (SSSR count). The number of amides is 1. The van der Waals surface area contributed by atoms with Crippen molar-refractivity contribution in [3.63, 3.8) is 0 Å². The van der Waals surface area contributed by atoms with E-state index in [1.54, 1.807) is 12.1 Å². The lowest BCUT2D eigenvalue weighted by Crippen LogP contribution is -2.29. The number of ketones is 1. The highest BCUT2D eigenvalue weighted by atomic mass is 32.2. The van der Waals surface area contributed by atoms with Crippen LogP contribution in [0.3, 0.4) is 0 Å². The van der Waals surface area contributed by atoms with Crippen molar-refractivity contribution in [3.05, 3.63) is 113 Å². The number of thioether (sulfide) groups is 1. The highest BCUT2D eigenvalue weighted by Crippen LogP contribution is 2.45. The Morgan fingerprint density at radius 3 is 2.73 bits per heavy atom. The third-order valence-electron chi connectivity index (χ3n) is 8.64. The minimum Gasteiger partial charge on any atom is -0.507 e. The quantitative estimate of drug-likeness (QED) is 0.0371. The Balaban J connectivity index is 1.24. The number of Topliss-reactive ketones (excluding diaryl/α,β-unsaturated/α-hetero) is 1. The SMILES string of the molecule is CCCCCOc1cccc([C@H]2C(=C(O)c3ccc4c(c3)C[C@@H](C)O4)C(=O)C(=O)N2c2nnc(SCc3cccc4ccccc34)s2)c1. The lowest BCUT2D eigenvalue weighted by molar-refractivity contribution is -0.132. The van der Waals surface area contributed by atoms with Gasteiger partial charge >= 0.3 is 5.91 Å². The van der Waals surface area contributed by atoms with Crippen molar-refractivity contribution in [3.8, 4) is 11.5 Å². The van der Waals surface area contributed by atoms with E-state index in [2.05, 4.69) is 41.4 Å². The first-order valence-electron chi connectivity index (χ1n) is 16.2. The molecule has 1 fully saturated rings. The van der Waals surface area contributed by atoms with Crippen molar-refractivity contribution >= 4 is 56.5 Å². The maximum absolute atomic E-state index is 13.8. The van der Waals surface area contributed by atoms with Crippen LogP contribution in [0.5, 0.6) is 11.5 Å². The molecule has 1 amide bonds. The fourth-order valence-corrected chi connectivity index (χ4v) is 8.17. The van der Waals surface area contributed by atoms with Crippen LogP contribution in [-0.4, -0.2) is 39.7 Å². The molecule has 10 heteroatoms. The van der Waals surface area contributed by atoms with E-state index >= 15 is 0 Å². The number of aromatic nitrogens is 2. The molecule has 4 aromatic carbocycles. The number of hydrogen-bond donors (Lipinski definition) is 1. The summed E-state index contributed by atoms with van der Waals surface area (Å²) in [7, 11) is 0. The molecular weight excluding hydrogens is 643 g/mol. The lowest BCUT2D eigenvalue weighted by atomic mass is 9.94. The summed E-state index contributed by atoms with van der Waals surface area (Å²) in [6, 6.07) is 26.2. The molecule has 2 atom stereocenters. The first-order valence-corrected chi connectivity index (χ1v) is 18.0. The van der Waals surface area contributed by atoms with Gasteiger partial charge in [-0.3, -0.25) is 14.5 Å². The molecule has 0 radical (unpaired) electrons. The van der Waals surface area contributed by atoms with Gasteiger partial charge in [-0.15, -0.1) is 10.2 Å². The number of benzene rings is 4. The first-order chi connectivity index (χ1) is 23.4. The van der Waals surface area contributed by atoms with Gasteiger partial charge in [-0.05, 0) is 71.1 Å². The van der Waals surface area contributed by atoms with E-state index in [0.29, 0.717) is 40.0 Å². The molecule has 2 aliphatic heterocycles. The van der Waals surface area contributed by atoms with Crippen LogP contribution in [0.2, 0.25) is 0 Å². The Morgan fingerprint density at radius 1 is 1.02 bits per heavy atom. The van der Waals surface area contributed by atoms with Crippen LogP contribution in [0.4, 0.5) is 5.13 Å². The third-order valence-corrected chi connectivity index (χ3v) is 10.7. The number of anilines is 1. The Morgan fingerprint density at radius 2 is 1.85 bits per heavy atom. The number of carbonyl (C=O) groups excluding carboxylic acids is 2. The molecule has 244 valence electrons. The first kappa shape index (κ1) is 31.9. The molecule has 48 heavy (non-hydrogen) atoms. The molecule has 1 N–H and O–H groups in total. The molecule has 8 nitrogen and oxygen atoms in total. The smallest absolute Gasteiger partial charge is 0.301 e. The summed E-state index contributed by atoms with van der Waals surface area (Å²) in [6.07, 6.45) is 3.77. The number of unbranched alkanes of at least 4 members (excludes halogenated alkanes) is 2. The second kappa shape index (κ2) is 13.8. The molecule has 0 saturated carbocycles. The van der Waals surface area contributed by atoms with Crippen molar-refractivity contribution in [2.24, 2.45) is 0 Å². The van der Waals surface area contributed by atoms with Crippen LogP contribution in [0.15, 0.2) is 94.8 Å². The standard InChI is InChI=1S/C38H35N3O5S2/c1-3-4-7-18-45-29-14-9-12-25(21-29)33-32(34(42)26-16-17-31-28(20-26)19-23(2)46-31)35(43)36(44)41(33)37-39-40-38(48-37)47-22-27-13-8-11-24-10-5-6-15-30(24)27/h5-6,8-17,20-21,23,33,42H,3-4,7,18-19,22H2,1-2H3/t23-,33+/m1/s1. The van der Waals surface area contributed by atoms with Crippen molar-refractivity contribution in [2.45, 2.75) is 61.8 Å². The zero-order valence-corrected chi connectivity index (χ0v) is 28.4. The Labute approximate surface area is 287 Å². The van der Waals surface area contributed by atoms with Crippen molar-refractivity contribution in [1.29, 1.82) is 0 Å². The Kier molecular flexibility index (Phi) is 9.19. The van der Waals surface area contributed by atoms with Crippen LogP contribution in [0.1, 0.15) is 61.4 Å². The molecule has 1 saturated heterocycles. The molecule has 0 spiro atoms. The van der Waals surface area contributed by atoms with E-state index in [9.17, 15) is 14.7 Å². The van der Waals surface area contributed by atoms with Gasteiger partial charge in [-0.25, -0.2) is 0 Å². The summed E-state index contributed by atoms with van der Waals surface area (Å²) < 4.78 is 12.6. The average molecular weight is 678 g/mol. The summed E-state index contributed by atoms with van der Waals surface area (Å²) in [4.78, 5) is 29.0. The number of aliphatic hydroxyl groups excluding tert-OH is 1.